The Balaban J connectivity index is 3.33. The summed E-state index contributed by atoms with van der Waals surface area (Å²) in [5, 5.41) is 6.64. The van der Waals surface area contributed by atoms with Crippen molar-refractivity contribution in [1.82, 2.24) is 10.6 Å². The van der Waals surface area contributed by atoms with Gasteiger partial charge in [0.15, 0.2) is 0 Å². The van der Waals surface area contributed by atoms with Crippen LogP contribution in [-0.4, -0.2) is 32.9 Å². The van der Waals surface area contributed by atoms with E-state index in [9.17, 15) is 4.39 Å². The molecule has 0 atom stereocenters. The molecule has 0 fully saturated rings. The van der Waals surface area contributed by atoms with Crippen molar-refractivity contribution >= 4 is 0 Å². The first-order valence-electron chi connectivity index (χ1n) is 6.74. The van der Waals surface area contributed by atoms with Crippen LogP contribution in [0.5, 0.6) is 0 Å². The maximum Gasteiger partial charge on any atom is 0.110 e. The summed E-state index contributed by atoms with van der Waals surface area (Å²) >= 11 is 0. The fourth-order valence-corrected chi connectivity index (χ4v) is 1.60. The van der Waals surface area contributed by atoms with Gasteiger partial charge in [-0.25, -0.2) is 4.39 Å². The summed E-state index contributed by atoms with van der Waals surface area (Å²) in [6, 6.07) is 0. The highest BCUT2D eigenvalue weighted by molar-refractivity contribution is 4.99. The summed E-state index contributed by atoms with van der Waals surface area (Å²) in [5.74, 6) is 0. The standard InChI is InChI=1S/C13H28FN3/c1-2-6-13(7-8-14)17-12-4-3-10-16-11-5-9-15/h7,16-17H,2-6,8-12,15H2,1H3/b13-7+. The van der Waals surface area contributed by atoms with E-state index >= 15 is 0 Å². The van der Waals surface area contributed by atoms with Crippen LogP contribution in [0.4, 0.5) is 4.39 Å². The molecular formula is C13H28FN3. The minimum atomic E-state index is -0.372. The van der Waals surface area contributed by atoms with Crippen molar-refractivity contribution < 1.29 is 4.39 Å². The molecule has 3 nitrogen and oxygen atoms in total. The van der Waals surface area contributed by atoms with E-state index in [-0.39, 0.29) is 6.67 Å². The maximum atomic E-state index is 12.2. The van der Waals surface area contributed by atoms with E-state index in [1.54, 1.807) is 6.08 Å². The SMILES string of the molecule is CCC/C(=C\CF)NCCCCNCCCN. The molecule has 17 heavy (non-hydrogen) atoms. The van der Waals surface area contributed by atoms with Crippen molar-refractivity contribution in [1.29, 1.82) is 0 Å². The Bertz CT molecular complexity index is 184. The number of nitrogens with two attached hydrogens (primary N) is 1. The van der Waals surface area contributed by atoms with Crippen LogP contribution in [0, 0.1) is 0 Å². The van der Waals surface area contributed by atoms with Crippen LogP contribution >= 0.6 is 0 Å². The number of alkyl halides is 1. The van der Waals surface area contributed by atoms with Gasteiger partial charge < -0.3 is 16.4 Å². The lowest BCUT2D eigenvalue weighted by Gasteiger charge is -2.10. The molecule has 0 aromatic carbocycles. The number of allylic oxidation sites excluding steroid dienone is 2. The van der Waals surface area contributed by atoms with Crippen molar-refractivity contribution in [3.8, 4) is 0 Å². The molecule has 0 saturated carbocycles. The number of unbranched alkanes of at least 4 members (excludes halogenated alkanes) is 1. The van der Waals surface area contributed by atoms with Crippen LogP contribution in [0.3, 0.4) is 0 Å². The van der Waals surface area contributed by atoms with E-state index in [0.29, 0.717) is 0 Å². The van der Waals surface area contributed by atoms with Gasteiger partial charge >= 0.3 is 0 Å². The van der Waals surface area contributed by atoms with Crippen LogP contribution in [0.25, 0.3) is 0 Å². The highest BCUT2D eigenvalue weighted by Crippen LogP contribution is 2.01. The summed E-state index contributed by atoms with van der Waals surface area (Å²) in [6.45, 7) is 5.47. The Morgan fingerprint density at radius 3 is 2.53 bits per heavy atom. The Morgan fingerprint density at radius 2 is 1.88 bits per heavy atom. The Labute approximate surface area is 105 Å². The summed E-state index contributed by atoms with van der Waals surface area (Å²) in [4.78, 5) is 0. The smallest absolute Gasteiger partial charge is 0.110 e. The molecule has 0 spiro atoms. The first-order chi connectivity index (χ1) is 8.35. The Morgan fingerprint density at radius 1 is 1.18 bits per heavy atom. The fraction of sp³-hybridized carbons (Fsp3) is 0.846. The number of halogens is 1. The number of rotatable bonds is 12. The summed E-state index contributed by atoms with van der Waals surface area (Å²) in [7, 11) is 0. The molecular weight excluding hydrogens is 217 g/mol. The van der Waals surface area contributed by atoms with Crippen LogP contribution < -0.4 is 16.4 Å². The average molecular weight is 245 g/mol. The molecule has 0 amide bonds. The quantitative estimate of drug-likeness (QED) is 0.461. The molecule has 0 aromatic heterocycles. The van der Waals surface area contributed by atoms with Crippen molar-refractivity contribution in [2.75, 3.05) is 32.9 Å². The summed E-state index contributed by atoms with van der Waals surface area (Å²) in [5.41, 5.74) is 6.44. The predicted octanol–water partition coefficient (Wildman–Crippen LogP) is 1.95. The van der Waals surface area contributed by atoms with Crippen LogP contribution in [0.1, 0.15) is 39.0 Å². The normalized spacial score (nSPS) is 11.8. The number of hydrogen-bond acceptors (Lipinski definition) is 3. The van der Waals surface area contributed by atoms with E-state index in [1.807, 2.05) is 0 Å². The highest BCUT2D eigenvalue weighted by Gasteiger charge is 1.95. The van der Waals surface area contributed by atoms with E-state index in [1.165, 1.54) is 0 Å². The van der Waals surface area contributed by atoms with Gasteiger partial charge in [0, 0.05) is 12.2 Å². The second kappa shape index (κ2) is 13.5. The van der Waals surface area contributed by atoms with Gasteiger partial charge in [-0.1, -0.05) is 13.3 Å². The molecule has 0 unspecified atom stereocenters. The van der Waals surface area contributed by atoms with Gasteiger partial charge in [-0.3, -0.25) is 0 Å². The van der Waals surface area contributed by atoms with Gasteiger partial charge in [-0.05, 0) is 51.4 Å². The molecule has 0 aliphatic carbocycles. The molecule has 102 valence electrons. The molecule has 0 aliphatic rings. The number of hydrogen-bond donors (Lipinski definition) is 3. The van der Waals surface area contributed by atoms with E-state index in [2.05, 4.69) is 17.6 Å². The van der Waals surface area contributed by atoms with Crippen molar-refractivity contribution in [3.05, 3.63) is 11.8 Å². The highest BCUT2D eigenvalue weighted by atomic mass is 19.1. The third kappa shape index (κ3) is 11.6. The third-order valence-corrected chi connectivity index (χ3v) is 2.53. The zero-order chi connectivity index (χ0) is 12.8. The van der Waals surface area contributed by atoms with Crippen LogP contribution in [0.2, 0.25) is 0 Å². The molecule has 0 bridgehead atoms. The predicted molar refractivity (Wildman–Crippen MR) is 72.7 cm³/mol. The zero-order valence-corrected chi connectivity index (χ0v) is 11.1. The third-order valence-electron chi connectivity index (χ3n) is 2.53. The number of nitrogens with one attached hydrogen (secondary N) is 2. The molecule has 0 saturated heterocycles. The van der Waals surface area contributed by atoms with Gasteiger partial charge in [-0.2, -0.15) is 0 Å². The van der Waals surface area contributed by atoms with Crippen molar-refractivity contribution in [2.45, 2.75) is 39.0 Å². The fourth-order valence-electron chi connectivity index (χ4n) is 1.60. The molecule has 0 radical (unpaired) electrons. The molecule has 4 heteroatoms. The molecule has 4 N–H and O–H groups in total. The summed E-state index contributed by atoms with van der Waals surface area (Å²) < 4.78 is 12.2. The molecule has 0 aromatic rings. The Kier molecular flexibility index (Phi) is 13.0. The minimum Gasteiger partial charge on any atom is -0.389 e. The molecule has 0 heterocycles. The first-order valence-corrected chi connectivity index (χ1v) is 6.74. The largest absolute Gasteiger partial charge is 0.389 e. The van der Waals surface area contributed by atoms with Gasteiger partial charge in [-0.15, -0.1) is 0 Å². The molecule has 0 aliphatic heterocycles. The minimum absolute atomic E-state index is 0.372. The lowest BCUT2D eigenvalue weighted by molar-refractivity contribution is 0.550. The zero-order valence-electron chi connectivity index (χ0n) is 11.1. The van der Waals surface area contributed by atoms with E-state index < -0.39 is 0 Å². The lowest BCUT2D eigenvalue weighted by atomic mass is 10.2. The second-order valence-corrected chi connectivity index (χ2v) is 4.16. The van der Waals surface area contributed by atoms with Crippen molar-refractivity contribution in [2.24, 2.45) is 5.73 Å². The second-order valence-electron chi connectivity index (χ2n) is 4.16. The first kappa shape index (κ1) is 16.4. The van der Waals surface area contributed by atoms with Crippen LogP contribution in [-0.2, 0) is 0 Å². The summed E-state index contributed by atoms with van der Waals surface area (Å²) in [6.07, 6.45) is 6.94. The lowest BCUT2D eigenvalue weighted by Crippen LogP contribution is -2.21. The van der Waals surface area contributed by atoms with Gasteiger partial charge in [0.05, 0.1) is 0 Å². The average Bonchev–Trinajstić information content (AvgIpc) is 2.33. The Hall–Kier alpha value is -0.610. The van der Waals surface area contributed by atoms with Gasteiger partial charge in [0.25, 0.3) is 0 Å². The van der Waals surface area contributed by atoms with Crippen LogP contribution in [0.15, 0.2) is 11.8 Å². The maximum absolute atomic E-state index is 12.2. The van der Waals surface area contributed by atoms with E-state index in [0.717, 1.165) is 64.0 Å². The van der Waals surface area contributed by atoms with E-state index in [4.69, 9.17) is 5.73 Å². The molecule has 0 rings (SSSR count). The monoisotopic (exact) mass is 245 g/mol. The van der Waals surface area contributed by atoms with Gasteiger partial charge in [0.1, 0.15) is 6.67 Å². The van der Waals surface area contributed by atoms with Crippen molar-refractivity contribution in [3.63, 3.8) is 0 Å². The van der Waals surface area contributed by atoms with Gasteiger partial charge in [0.2, 0.25) is 0 Å². The topological polar surface area (TPSA) is 50.1 Å².